The van der Waals surface area contributed by atoms with E-state index in [1.165, 1.54) is 0 Å². The van der Waals surface area contributed by atoms with Gasteiger partial charge < -0.3 is 14.5 Å². The van der Waals surface area contributed by atoms with Gasteiger partial charge in [0.05, 0.1) is 44.3 Å². The quantitative estimate of drug-likeness (QED) is 0.211. The first-order chi connectivity index (χ1) is 19.0. The predicted molar refractivity (Wildman–Crippen MR) is 156 cm³/mol. The number of likely N-dealkylation sites (N-methyl/N-ethyl adjacent to an activating group) is 1. The molecule has 0 fully saturated rings. The second-order valence-corrected chi connectivity index (χ2v) is 11.0. The first kappa shape index (κ1) is 26.8. The minimum Gasteiger partial charge on any atom is -0.493 e. The summed E-state index contributed by atoms with van der Waals surface area (Å²) in [6.07, 6.45) is 1.15. The maximum absolute atomic E-state index is 13.5. The highest BCUT2D eigenvalue weighted by Crippen LogP contribution is 2.34. The van der Waals surface area contributed by atoms with Gasteiger partial charge in [0.25, 0.3) is 5.91 Å². The summed E-state index contributed by atoms with van der Waals surface area (Å²) in [6.45, 7) is 2.06. The number of quaternary nitrogens is 1. The zero-order valence-electron chi connectivity index (χ0n) is 22.4. The molecule has 9 heteroatoms. The van der Waals surface area contributed by atoms with Crippen LogP contribution in [0.3, 0.4) is 0 Å². The second-order valence-electron chi connectivity index (χ2n) is 9.91. The van der Waals surface area contributed by atoms with Crippen LogP contribution < -0.4 is 15.1 Å². The monoisotopic (exact) mass is 544 g/mol. The number of hydrogen-bond acceptors (Lipinski definition) is 7. The fraction of sp³-hybridized carbons (Fsp3) is 0.300. The molecule has 1 amide bonds. The van der Waals surface area contributed by atoms with Crippen molar-refractivity contribution in [1.82, 2.24) is 10.2 Å². The Bertz CT molecular complexity index is 1380. The molecule has 2 bridgehead atoms. The lowest BCUT2D eigenvalue weighted by Crippen LogP contribution is -2.60. The zero-order valence-corrected chi connectivity index (χ0v) is 23.2. The van der Waals surface area contributed by atoms with E-state index in [0.717, 1.165) is 40.5 Å². The molecular formula is C30H34N5O3S+. The fourth-order valence-corrected chi connectivity index (χ4v) is 5.27. The Hall–Kier alpha value is -3.82. The summed E-state index contributed by atoms with van der Waals surface area (Å²) in [5, 5.41) is 14.0. The SMILES string of the molecule is C[N+]1(C)CCNc2cc(ccc2-c2nnc(CSCCOc3ccccc3)o2)N1C(=O)CCc1ccccc1. The van der Waals surface area contributed by atoms with Gasteiger partial charge in [0, 0.05) is 17.9 Å². The molecule has 1 aromatic heterocycles. The van der Waals surface area contributed by atoms with Gasteiger partial charge in [0.1, 0.15) is 12.3 Å². The number of carbonyl (C=O) groups excluding carboxylic acids is 1. The van der Waals surface area contributed by atoms with Crippen molar-refractivity contribution < 1.29 is 18.5 Å². The van der Waals surface area contributed by atoms with E-state index in [1.807, 2.05) is 71.7 Å². The smallest absolute Gasteiger partial charge is 0.273 e. The van der Waals surface area contributed by atoms with Crippen LogP contribution in [0, 0.1) is 0 Å². The van der Waals surface area contributed by atoms with Crippen molar-refractivity contribution >= 4 is 29.0 Å². The van der Waals surface area contributed by atoms with Gasteiger partial charge in [-0.3, -0.25) is 4.79 Å². The van der Waals surface area contributed by atoms with E-state index in [4.69, 9.17) is 9.15 Å². The first-order valence-electron chi connectivity index (χ1n) is 13.2. The number of amides is 1. The molecule has 5 rings (SSSR count). The van der Waals surface area contributed by atoms with Crippen LogP contribution in [0.25, 0.3) is 11.5 Å². The number of fused-ring (bicyclic) bond motifs is 2. The lowest BCUT2D eigenvalue weighted by atomic mass is 10.1. The van der Waals surface area contributed by atoms with Crippen molar-refractivity contribution in [2.24, 2.45) is 0 Å². The summed E-state index contributed by atoms with van der Waals surface area (Å²) < 4.78 is 12.2. The molecule has 1 aliphatic heterocycles. The molecule has 0 atom stereocenters. The third-order valence-electron chi connectivity index (χ3n) is 6.63. The number of aromatic nitrogens is 2. The molecule has 39 heavy (non-hydrogen) atoms. The van der Waals surface area contributed by atoms with Gasteiger partial charge in [-0.05, 0) is 42.3 Å². The standard InChI is InChI=1S/C30H34N5O3S/c1-35(2)18-17-31-27-21-24(34(35)29(36)16-13-23-9-5-3-6-10-23)14-15-26(27)30-33-32-28(38-30)22-39-20-19-37-25-11-7-4-8-12-25/h3-12,14-15,21,31H,13,16-20,22H2,1-2H3/q+1. The summed E-state index contributed by atoms with van der Waals surface area (Å²) in [4.78, 5) is 13.5. The Labute approximate surface area is 233 Å². The summed E-state index contributed by atoms with van der Waals surface area (Å²) in [6, 6.07) is 25.9. The van der Waals surface area contributed by atoms with Crippen LogP contribution >= 0.6 is 11.8 Å². The van der Waals surface area contributed by atoms with Crippen molar-refractivity contribution in [2.75, 3.05) is 49.9 Å². The highest BCUT2D eigenvalue weighted by Gasteiger charge is 2.34. The van der Waals surface area contributed by atoms with Crippen molar-refractivity contribution in [3.63, 3.8) is 0 Å². The Morgan fingerprint density at radius 2 is 1.82 bits per heavy atom. The van der Waals surface area contributed by atoms with Crippen LogP contribution in [-0.4, -0.2) is 60.2 Å². The van der Waals surface area contributed by atoms with Gasteiger partial charge in [-0.1, -0.05) is 48.5 Å². The van der Waals surface area contributed by atoms with Crippen LogP contribution in [0.2, 0.25) is 0 Å². The van der Waals surface area contributed by atoms with E-state index in [9.17, 15) is 4.79 Å². The molecule has 3 aromatic carbocycles. The van der Waals surface area contributed by atoms with Gasteiger partial charge in [0.15, 0.2) is 0 Å². The highest BCUT2D eigenvalue weighted by atomic mass is 32.2. The number of nitrogens with zero attached hydrogens (tertiary/aromatic N) is 4. The molecule has 1 N–H and O–H groups in total. The summed E-state index contributed by atoms with van der Waals surface area (Å²) in [7, 11) is 4.13. The van der Waals surface area contributed by atoms with Crippen LogP contribution in [0.4, 0.5) is 11.4 Å². The molecule has 2 heterocycles. The average Bonchev–Trinajstić information content (AvgIpc) is 3.41. The molecule has 0 saturated heterocycles. The number of benzene rings is 3. The molecular weight excluding hydrogens is 510 g/mol. The van der Waals surface area contributed by atoms with Crippen LogP contribution in [-0.2, 0) is 17.0 Å². The van der Waals surface area contributed by atoms with E-state index in [1.54, 1.807) is 11.8 Å². The summed E-state index contributed by atoms with van der Waals surface area (Å²) >= 11 is 1.69. The highest BCUT2D eigenvalue weighted by molar-refractivity contribution is 7.98. The summed E-state index contributed by atoms with van der Waals surface area (Å²) in [5.41, 5.74) is 3.72. The van der Waals surface area contributed by atoms with Crippen molar-refractivity contribution in [1.29, 1.82) is 0 Å². The third kappa shape index (κ3) is 6.79. The summed E-state index contributed by atoms with van der Waals surface area (Å²) in [5.74, 6) is 3.44. The number of anilines is 2. The fourth-order valence-electron chi connectivity index (χ4n) is 4.64. The number of aryl methyl sites for hydroxylation is 1. The largest absolute Gasteiger partial charge is 0.493 e. The van der Waals surface area contributed by atoms with Crippen LogP contribution in [0.1, 0.15) is 17.9 Å². The lowest BCUT2D eigenvalue weighted by Gasteiger charge is -2.41. The number of ether oxygens (including phenoxy) is 1. The first-order valence-corrected chi connectivity index (χ1v) is 14.3. The molecule has 0 aliphatic carbocycles. The van der Waals surface area contributed by atoms with Gasteiger partial charge in [0.2, 0.25) is 11.8 Å². The van der Waals surface area contributed by atoms with E-state index in [-0.39, 0.29) is 5.91 Å². The number of nitrogens with one attached hydrogen (secondary N) is 1. The molecule has 4 aromatic rings. The Morgan fingerprint density at radius 1 is 1.05 bits per heavy atom. The molecule has 1 aliphatic rings. The van der Waals surface area contributed by atoms with Gasteiger partial charge in [-0.2, -0.15) is 5.01 Å². The molecule has 8 nitrogen and oxygen atoms in total. The minimum atomic E-state index is 0.0952. The number of rotatable bonds is 10. The minimum absolute atomic E-state index is 0.0952. The topological polar surface area (TPSA) is 80.5 Å². The maximum Gasteiger partial charge on any atom is 0.273 e. The van der Waals surface area contributed by atoms with E-state index >= 15 is 0 Å². The molecule has 0 unspecified atom stereocenters. The van der Waals surface area contributed by atoms with Crippen molar-refractivity contribution in [2.45, 2.75) is 18.6 Å². The predicted octanol–water partition coefficient (Wildman–Crippen LogP) is 5.43. The molecule has 202 valence electrons. The maximum atomic E-state index is 13.5. The lowest BCUT2D eigenvalue weighted by molar-refractivity contribution is -0.890. The van der Waals surface area contributed by atoms with Crippen LogP contribution in [0.15, 0.2) is 83.3 Å². The number of thioether (sulfide) groups is 1. The van der Waals surface area contributed by atoms with Crippen molar-refractivity contribution in [3.8, 4) is 17.2 Å². The van der Waals surface area contributed by atoms with E-state index < -0.39 is 0 Å². The molecule has 0 spiro atoms. The van der Waals surface area contributed by atoms with Gasteiger partial charge in [-0.25, -0.2) is 4.59 Å². The Balaban J connectivity index is 1.24. The normalized spacial score (nSPS) is 14.3. The second kappa shape index (κ2) is 12.4. The van der Waals surface area contributed by atoms with E-state index in [0.29, 0.717) is 48.1 Å². The van der Waals surface area contributed by atoms with E-state index in [2.05, 4.69) is 41.7 Å². The Kier molecular flexibility index (Phi) is 8.48. The number of carbonyl (C=O) groups is 1. The number of para-hydroxylation sites is 1. The number of hydrogen-bond donors (Lipinski definition) is 1. The van der Waals surface area contributed by atoms with Gasteiger partial charge >= 0.3 is 0 Å². The van der Waals surface area contributed by atoms with Gasteiger partial charge in [-0.15, -0.1) is 22.0 Å². The molecule has 0 radical (unpaired) electrons. The van der Waals surface area contributed by atoms with Crippen molar-refractivity contribution in [3.05, 3.63) is 90.3 Å². The zero-order chi connectivity index (χ0) is 27.1. The third-order valence-corrected chi connectivity index (χ3v) is 7.54. The Morgan fingerprint density at radius 3 is 2.62 bits per heavy atom. The van der Waals surface area contributed by atoms with Crippen LogP contribution in [0.5, 0.6) is 5.75 Å². The molecule has 0 saturated carbocycles. The average molecular weight is 545 g/mol.